The Morgan fingerprint density at radius 1 is 1.05 bits per heavy atom. The summed E-state index contributed by atoms with van der Waals surface area (Å²) in [6.45, 7) is 12.2. The van der Waals surface area contributed by atoms with Crippen molar-refractivity contribution in [3.05, 3.63) is 61.2 Å². The molecule has 8 nitrogen and oxygen atoms in total. The van der Waals surface area contributed by atoms with E-state index in [2.05, 4.69) is 20.1 Å². The van der Waals surface area contributed by atoms with Crippen LogP contribution < -0.4 is 0 Å². The zero-order valence-electron chi connectivity index (χ0n) is 24.6. The van der Waals surface area contributed by atoms with Crippen LogP contribution >= 0.6 is 0 Å². The Morgan fingerprint density at radius 2 is 1.76 bits per heavy atom. The van der Waals surface area contributed by atoms with Crippen LogP contribution in [-0.2, 0) is 25.7 Å². The molecule has 224 valence electrons. The Hall–Kier alpha value is -2.97. The Balaban J connectivity index is 1.65. The predicted octanol–water partition coefficient (Wildman–Crippen LogP) is 3.94. The molecule has 1 aromatic rings. The van der Waals surface area contributed by atoms with E-state index < -0.39 is 23.5 Å². The van der Waals surface area contributed by atoms with Crippen molar-refractivity contribution in [2.75, 3.05) is 32.8 Å². The van der Waals surface area contributed by atoms with Gasteiger partial charge in [-0.15, -0.1) is 13.2 Å². The lowest BCUT2D eigenvalue weighted by atomic mass is 9.70. The molecule has 0 radical (unpaired) electrons. The standard InChI is InChI=1S/C33H47N3O5/c1-4-7-21-34(19-5-2)32(40)29-33-18-17-26(41-33)27(28(33)31(39)36(29)22-13-8-9-14-23-37)30(38)35(20-6-3)24-25-15-11-10-12-16-25/h5-6,10-12,15-16,26-29,37H,2-4,7-9,13-14,17-24H2,1H3/t26-,27+,28-,29?,33?/m0/s1. The summed E-state index contributed by atoms with van der Waals surface area (Å²) >= 11 is 0. The molecule has 3 heterocycles. The monoisotopic (exact) mass is 565 g/mol. The highest BCUT2D eigenvalue weighted by atomic mass is 16.5. The lowest BCUT2D eigenvalue weighted by Crippen LogP contribution is -2.56. The highest BCUT2D eigenvalue weighted by molar-refractivity contribution is 5.99. The van der Waals surface area contributed by atoms with Crippen LogP contribution in [0.25, 0.3) is 0 Å². The van der Waals surface area contributed by atoms with E-state index in [-0.39, 0.29) is 30.4 Å². The van der Waals surface area contributed by atoms with Crippen molar-refractivity contribution in [1.82, 2.24) is 14.7 Å². The van der Waals surface area contributed by atoms with Gasteiger partial charge in [0.25, 0.3) is 0 Å². The fourth-order valence-electron chi connectivity index (χ4n) is 7.07. The molecule has 1 N–H and O–H groups in total. The van der Waals surface area contributed by atoms with Gasteiger partial charge in [-0.2, -0.15) is 0 Å². The molecule has 3 fully saturated rings. The van der Waals surface area contributed by atoms with Crippen molar-refractivity contribution in [2.45, 2.75) is 82.6 Å². The first-order valence-corrected chi connectivity index (χ1v) is 15.4. The lowest BCUT2D eigenvalue weighted by Gasteiger charge is -2.37. The zero-order valence-corrected chi connectivity index (χ0v) is 24.6. The average Bonchev–Trinajstić information content (AvgIpc) is 3.62. The number of rotatable bonds is 17. The summed E-state index contributed by atoms with van der Waals surface area (Å²) < 4.78 is 6.67. The van der Waals surface area contributed by atoms with Crippen LogP contribution in [0.15, 0.2) is 55.6 Å². The summed E-state index contributed by atoms with van der Waals surface area (Å²) in [5.74, 6) is -1.66. The average molecular weight is 566 g/mol. The number of hydrogen-bond acceptors (Lipinski definition) is 5. The number of amides is 3. The van der Waals surface area contributed by atoms with Crippen molar-refractivity contribution < 1.29 is 24.2 Å². The largest absolute Gasteiger partial charge is 0.396 e. The molecule has 5 atom stereocenters. The predicted molar refractivity (Wildman–Crippen MR) is 159 cm³/mol. The van der Waals surface area contributed by atoms with Crippen LogP contribution in [0.5, 0.6) is 0 Å². The normalized spacial score (nSPS) is 26.2. The molecule has 3 saturated heterocycles. The molecule has 41 heavy (non-hydrogen) atoms. The number of hydrogen-bond donors (Lipinski definition) is 1. The SMILES string of the molecule is C=CCN(CCCC)C(=O)C1N(CCCCCCO)C(=O)[C@@H]2[C@H](C(=O)N(CC=C)Cc3ccccc3)[C@@H]3CCC12O3. The van der Waals surface area contributed by atoms with E-state index in [1.807, 2.05) is 30.3 Å². The van der Waals surface area contributed by atoms with Crippen LogP contribution in [0.1, 0.15) is 63.9 Å². The second kappa shape index (κ2) is 14.3. The third-order valence-corrected chi connectivity index (χ3v) is 8.95. The first-order valence-electron chi connectivity index (χ1n) is 15.4. The Kier molecular flexibility index (Phi) is 10.8. The Bertz CT molecular complexity index is 1080. The van der Waals surface area contributed by atoms with Gasteiger partial charge in [0.1, 0.15) is 11.6 Å². The molecule has 1 aromatic carbocycles. The number of nitrogens with zero attached hydrogens (tertiary/aromatic N) is 3. The van der Waals surface area contributed by atoms with Gasteiger partial charge in [0.2, 0.25) is 17.7 Å². The number of fused-ring (bicyclic) bond motifs is 1. The molecular weight excluding hydrogens is 518 g/mol. The smallest absolute Gasteiger partial charge is 0.248 e. The fraction of sp³-hybridized carbons (Fsp3) is 0.606. The lowest BCUT2D eigenvalue weighted by molar-refractivity contribution is -0.149. The van der Waals surface area contributed by atoms with Crippen LogP contribution in [0.4, 0.5) is 0 Å². The molecule has 2 bridgehead atoms. The van der Waals surface area contributed by atoms with Gasteiger partial charge < -0.3 is 24.5 Å². The maximum Gasteiger partial charge on any atom is 0.248 e. The van der Waals surface area contributed by atoms with Gasteiger partial charge in [-0.05, 0) is 37.7 Å². The summed E-state index contributed by atoms with van der Waals surface area (Å²) in [4.78, 5) is 48.0. The molecular formula is C33H47N3O5. The van der Waals surface area contributed by atoms with Gasteiger partial charge in [0, 0.05) is 39.3 Å². The molecule has 3 aliphatic rings. The first kappa shape index (κ1) is 31.0. The quantitative estimate of drug-likeness (QED) is 0.228. The molecule has 3 aliphatic heterocycles. The Labute approximate surface area is 245 Å². The van der Waals surface area contributed by atoms with Crippen LogP contribution in [0, 0.1) is 11.8 Å². The molecule has 0 saturated carbocycles. The number of aliphatic hydroxyl groups excluding tert-OH is 1. The number of unbranched alkanes of at least 4 members (excludes halogenated alkanes) is 4. The fourth-order valence-corrected chi connectivity index (χ4v) is 7.07. The summed E-state index contributed by atoms with van der Waals surface area (Å²) in [5.41, 5.74) is 0.00968. The first-order chi connectivity index (χ1) is 19.9. The van der Waals surface area contributed by atoms with Gasteiger partial charge in [-0.25, -0.2) is 0 Å². The molecule has 3 amide bonds. The molecule has 1 spiro atoms. The van der Waals surface area contributed by atoms with Crippen molar-refractivity contribution in [3.8, 4) is 0 Å². The molecule has 0 aromatic heterocycles. The number of ether oxygens (including phenoxy) is 1. The number of carbonyl (C=O) groups is 3. The van der Waals surface area contributed by atoms with Crippen molar-refractivity contribution >= 4 is 17.7 Å². The van der Waals surface area contributed by atoms with Crippen molar-refractivity contribution in [3.63, 3.8) is 0 Å². The van der Waals surface area contributed by atoms with Gasteiger partial charge in [-0.1, -0.05) is 68.7 Å². The summed E-state index contributed by atoms with van der Waals surface area (Å²) in [6, 6.07) is 9.06. The number of benzene rings is 1. The number of aliphatic hydroxyl groups is 1. The topological polar surface area (TPSA) is 90.4 Å². The van der Waals surface area contributed by atoms with E-state index >= 15 is 0 Å². The Morgan fingerprint density at radius 3 is 2.44 bits per heavy atom. The number of carbonyl (C=O) groups excluding carboxylic acids is 3. The third kappa shape index (κ3) is 6.28. The van der Waals surface area contributed by atoms with E-state index in [0.717, 1.165) is 44.1 Å². The maximum atomic E-state index is 14.3. The minimum atomic E-state index is -0.998. The van der Waals surface area contributed by atoms with E-state index in [0.29, 0.717) is 45.6 Å². The van der Waals surface area contributed by atoms with Gasteiger partial charge in [-0.3, -0.25) is 14.4 Å². The van der Waals surface area contributed by atoms with Crippen LogP contribution in [0.2, 0.25) is 0 Å². The maximum absolute atomic E-state index is 14.3. The molecule has 0 aliphatic carbocycles. The van der Waals surface area contributed by atoms with Crippen molar-refractivity contribution in [2.24, 2.45) is 11.8 Å². The van der Waals surface area contributed by atoms with E-state index in [1.54, 1.807) is 26.9 Å². The third-order valence-electron chi connectivity index (χ3n) is 8.95. The van der Waals surface area contributed by atoms with E-state index in [4.69, 9.17) is 4.74 Å². The summed E-state index contributed by atoms with van der Waals surface area (Å²) in [6.07, 6.45) is 9.27. The van der Waals surface area contributed by atoms with Crippen LogP contribution in [-0.4, -0.2) is 88.1 Å². The second-order valence-electron chi connectivity index (χ2n) is 11.6. The zero-order chi connectivity index (χ0) is 29.4. The second-order valence-corrected chi connectivity index (χ2v) is 11.6. The minimum absolute atomic E-state index is 0.106. The van der Waals surface area contributed by atoms with E-state index in [1.165, 1.54) is 0 Å². The van der Waals surface area contributed by atoms with Crippen molar-refractivity contribution in [1.29, 1.82) is 0 Å². The van der Waals surface area contributed by atoms with E-state index in [9.17, 15) is 19.5 Å². The van der Waals surface area contributed by atoms with Gasteiger partial charge in [0.05, 0.1) is 17.9 Å². The summed E-state index contributed by atoms with van der Waals surface area (Å²) in [7, 11) is 0. The molecule has 8 heteroatoms. The highest BCUT2D eigenvalue weighted by Crippen LogP contribution is 2.59. The number of likely N-dealkylation sites (tertiary alicyclic amines) is 1. The molecule has 2 unspecified atom stereocenters. The van der Waals surface area contributed by atoms with Crippen LogP contribution in [0.3, 0.4) is 0 Å². The highest BCUT2D eigenvalue weighted by Gasteiger charge is 2.74. The van der Waals surface area contributed by atoms with Gasteiger partial charge >= 0.3 is 0 Å². The molecule has 4 rings (SSSR count). The minimum Gasteiger partial charge on any atom is -0.396 e. The summed E-state index contributed by atoms with van der Waals surface area (Å²) in [5, 5.41) is 9.17. The van der Waals surface area contributed by atoms with Gasteiger partial charge in [0.15, 0.2) is 0 Å².